The summed E-state index contributed by atoms with van der Waals surface area (Å²) in [7, 11) is 0. The van der Waals surface area contributed by atoms with E-state index in [0.29, 0.717) is 11.4 Å². The number of hydrogen-bond acceptors (Lipinski definition) is 5. The van der Waals surface area contributed by atoms with E-state index < -0.39 is 4.92 Å². The van der Waals surface area contributed by atoms with Crippen LogP contribution in [0.2, 0.25) is 0 Å². The second-order valence-corrected chi connectivity index (χ2v) is 7.03. The van der Waals surface area contributed by atoms with Crippen LogP contribution in [0.1, 0.15) is 22.5 Å². The van der Waals surface area contributed by atoms with Crippen LogP contribution in [0.25, 0.3) is 22.7 Å². The maximum absolute atomic E-state index is 11.6. The van der Waals surface area contributed by atoms with Crippen LogP contribution in [0.5, 0.6) is 5.75 Å². The number of aryl methyl sites for hydroxylation is 1. The van der Waals surface area contributed by atoms with Crippen molar-refractivity contribution in [3.8, 4) is 11.8 Å². The van der Waals surface area contributed by atoms with Crippen LogP contribution < -0.4 is 4.74 Å². The molecule has 0 unspecified atom stereocenters. The summed E-state index contributed by atoms with van der Waals surface area (Å²) in [6, 6.07) is 21.9. The summed E-state index contributed by atoms with van der Waals surface area (Å²) in [5.74, 6) is 0.582. The van der Waals surface area contributed by atoms with Crippen molar-refractivity contribution in [3.05, 3.63) is 99.4 Å². The lowest BCUT2D eigenvalue weighted by molar-refractivity contribution is -0.386. The van der Waals surface area contributed by atoms with E-state index in [1.807, 2.05) is 55.5 Å². The third-order valence-corrected chi connectivity index (χ3v) is 4.74. The predicted octanol–water partition coefficient (Wildman–Crippen LogP) is 5.42. The Morgan fingerprint density at radius 1 is 1.19 bits per heavy atom. The van der Waals surface area contributed by atoms with Crippen LogP contribution in [-0.2, 0) is 6.61 Å². The van der Waals surface area contributed by atoms with Gasteiger partial charge in [0.15, 0.2) is 5.75 Å². The van der Waals surface area contributed by atoms with E-state index in [1.165, 1.54) is 6.07 Å². The zero-order valence-electron chi connectivity index (χ0n) is 16.7. The van der Waals surface area contributed by atoms with Crippen LogP contribution in [0.15, 0.2) is 66.7 Å². The van der Waals surface area contributed by atoms with Crippen molar-refractivity contribution < 1.29 is 9.66 Å². The molecule has 1 aromatic heterocycles. The predicted molar refractivity (Wildman–Crippen MR) is 118 cm³/mol. The average Bonchev–Trinajstić information content (AvgIpc) is 3.20. The lowest BCUT2D eigenvalue weighted by Gasteiger charge is -2.07. The van der Waals surface area contributed by atoms with E-state index in [0.717, 1.165) is 22.2 Å². The molecule has 0 amide bonds. The van der Waals surface area contributed by atoms with Crippen LogP contribution in [0.4, 0.5) is 5.69 Å². The second kappa shape index (κ2) is 8.51. The standard InChI is InChI=1S/C24H18N4O3/c1-16-7-9-20-21(11-16)27-24(26-20)19(14-25)12-18-8-10-23(22(13-18)28(29)30)31-15-17-5-3-2-4-6-17/h2-13H,15H2,1H3,(H,26,27). The van der Waals surface area contributed by atoms with Crippen molar-refractivity contribution in [2.45, 2.75) is 13.5 Å². The molecule has 0 radical (unpaired) electrons. The number of nitriles is 1. The molecule has 0 atom stereocenters. The van der Waals surface area contributed by atoms with Crippen molar-refractivity contribution in [1.82, 2.24) is 9.97 Å². The van der Waals surface area contributed by atoms with Gasteiger partial charge in [-0.1, -0.05) is 42.5 Å². The number of nitro benzene ring substituents is 1. The average molecular weight is 410 g/mol. The lowest BCUT2D eigenvalue weighted by atomic mass is 10.1. The summed E-state index contributed by atoms with van der Waals surface area (Å²) in [6.45, 7) is 2.19. The minimum atomic E-state index is -0.492. The number of allylic oxidation sites excluding steroid dienone is 1. The molecular weight excluding hydrogens is 392 g/mol. The molecule has 31 heavy (non-hydrogen) atoms. The number of imidazole rings is 1. The minimum absolute atomic E-state index is 0.165. The van der Waals surface area contributed by atoms with Crippen molar-refractivity contribution in [2.75, 3.05) is 0 Å². The molecule has 7 nitrogen and oxygen atoms in total. The summed E-state index contributed by atoms with van der Waals surface area (Å²) in [4.78, 5) is 18.7. The molecule has 0 saturated heterocycles. The molecule has 0 aliphatic heterocycles. The monoisotopic (exact) mass is 410 g/mol. The largest absolute Gasteiger partial charge is 0.482 e. The number of benzene rings is 3. The van der Waals surface area contributed by atoms with E-state index in [4.69, 9.17) is 4.74 Å². The van der Waals surface area contributed by atoms with Gasteiger partial charge in [-0.15, -0.1) is 0 Å². The smallest absolute Gasteiger partial charge is 0.311 e. The zero-order chi connectivity index (χ0) is 21.8. The molecule has 152 valence electrons. The number of ether oxygens (including phenoxy) is 1. The molecule has 0 saturated carbocycles. The molecule has 0 spiro atoms. The Morgan fingerprint density at radius 2 is 2.00 bits per heavy atom. The first kappa shape index (κ1) is 19.9. The van der Waals surface area contributed by atoms with Crippen molar-refractivity contribution in [3.63, 3.8) is 0 Å². The van der Waals surface area contributed by atoms with Gasteiger partial charge in [0.25, 0.3) is 0 Å². The Bertz CT molecular complexity index is 1330. The highest BCUT2D eigenvalue weighted by Crippen LogP contribution is 2.30. The van der Waals surface area contributed by atoms with Crippen molar-refractivity contribution in [2.24, 2.45) is 0 Å². The van der Waals surface area contributed by atoms with Crippen LogP contribution in [-0.4, -0.2) is 14.9 Å². The first-order valence-electron chi connectivity index (χ1n) is 9.57. The third-order valence-electron chi connectivity index (χ3n) is 4.74. The number of aromatic amines is 1. The number of nitrogens with one attached hydrogen (secondary N) is 1. The molecule has 0 aliphatic rings. The quantitative estimate of drug-likeness (QED) is 0.259. The van der Waals surface area contributed by atoms with Gasteiger partial charge < -0.3 is 9.72 Å². The molecular formula is C24H18N4O3. The van der Waals surface area contributed by atoms with Gasteiger partial charge in [-0.25, -0.2) is 4.98 Å². The molecule has 4 rings (SSSR count). The summed E-state index contributed by atoms with van der Waals surface area (Å²) < 4.78 is 5.66. The van der Waals surface area contributed by atoms with Gasteiger partial charge in [-0.05, 0) is 47.9 Å². The Balaban J connectivity index is 1.64. The molecule has 7 heteroatoms. The van der Waals surface area contributed by atoms with Gasteiger partial charge in [0.2, 0.25) is 0 Å². The van der Waals surface area contributed by atoms with Gasteiger partial charge in [0.05, 0.1) is 21.5 Å². The van der Waals surface area contributed by atoms with E-state index in [2.05, 4.69) is 16.0 Å². The van der Waals surface area contributed by atoms with Gasteiger partial charge in [0, 0.05) is 6.07 Å². The topological polar surface area (TPSA) is 105 Å². The van der Waals surface area contributed by atoms with E-state index >= 15 is 0 Å². The maximum atomic E-state index is 11.6. The molecule has 1 heterocycles. The SMILES string of the molecule is Cc1ccc2nc(C(C#N)=Cc3ccc(OCc4ccccc4)c([N+](=O)[O-])c3)[nH]c2c1. The maximum Gasteiger partial charge on any atom is 0.311 e. The first-order chi connectivity index (χ1) is 15.0. The summed E-state index contributed by atoms with van der Waals surface area (Å²) in [6.07, 6.45) is 1.57. The van der Waals surface area contributed by atoms with Crippen LogP contribution in [0, 0.1) is 28.4 Å². The number of nitrogens with zero attached hydrogens (tertiary/aromatic N) is 3. The molecule has 0 fully saturated rings. The Hall–Kier alpha value is -4.44. The summed E-state index contributed by atoms with van der Waals surface area (Å²) in [5, 5.41) is 21.2. The van der Waals surface area contributed by atoms with Crippen molar-refractivity contribution >= 4 is 28.4 Å². The highest BCUT2D eigenvalue weighted by molar-refractivity contribution is 5.90. The number of hydrogen-bond donors (Lipinski definition) is 1. The number of H-pyrrole nitrogens is 1. The number of nitro groups is 1. The van der Waals surface area contributed by atoms with E-state index in [9.17, 15) is 15.4 Å². The zero-order valence-corrected chi connectivity index (χ0v) is 16.7. The molecule has 4 aromatic rings. The Morgan fingerprint density at radius 3 is 2.74 bits per heavy atom. The number of aromatic nitrogens is 2. The van der Waals surface area contributed by atoms with E-state index in [1.54, 1.807) is 18.2 Å². The fourth-order valence-corrected chi connectivity index (χ4v) is 3.20. The summed E-state index contributed by atoms with van der Waals surface area (Å²) >= 11 is 0. The lowest BCUT2D eigenvalue weighted by Crippen LogP contribution is -1.99. The van der Waals surface area contributed by atoms with E-state index in [-0.39, 0.29) is 23.6 Å². The molecule has 0 aliphatic carbocycles. The normalized spacial score (nSPS) is 11.3. The van der Waals surface area contributed by atoms with Gasteiger partial charge >= 0.3 is 5.69 Å². The number of fused-ring (bicyclic) bond motifs is 1. The third kappa shape index (κ3) is 4.43. The van der Waals surface area contributed by atoms with Crippen LogP contribution in [0.3, 0.4) is 0 Å². The number of rotatable bonds is 6. The highest BCUT2D eigenvalue weighted by Gasteiger charge is 2.17. The minimum Gasteiger partial charge on any atom is -0.482 e. The Labute approximate surface area is 178 Å². The molecule has 1 N–H and O–H groups in total. The van der Waals surface area contributed by atoms with Crippen LogP contribution >= 0.6 is 0 Å². The van der Waals surface area contributed by atoms with Gasteiger partial charge in [0.1, 0.15) is 18.5 Å². The fourth-order valence-electron chi connectivity index (χ4n) is 3.20. The molecule has 3 aromatic carbocycles. The van der Waals surface area contributed by atoms with Gasteiger partial charge in [-0.3, -0.25) is 10.1 Å². The van der Waals surface area contributed by atoms with Gasteiger partial charge in [-0.2, -0.15) is 5.26 Å². The molecule has 0 bridgehead atoms. The fraction of sp³-hybridized carbons (Fsp3) is 0.0833. The first-order valence-corrected chi connectivity index (χ1v) is 9.57. The Kier molecular flexibility index (Phi) is 5.45. The summed E-state index contributed by atoms with van der Waals surface area (Å²) in [5.41, 5.74) is 4.18. The van der Waals surface area contributed by atoms with Crippen molar-refractivity contribution in [1.29, 1.82) is 5.26 Å². The highest BCUT2D eigenvalue weighted by atomic mass is 16.6. The second-order valence-electron chi connectivity index (χ2n) is 7.03.